The monoisotopic (exact) mass is 535 g/mol. The van der Waals surface area contributed by atoms with Crippen LogP contribution in [0.15, 0.2) is 11.6 Å². The summed E-state index contributed by atoms with van der Waals surface area (Å²) in [5.74, 6) is 7.57. The predicted octanol–water partition coefficient (Wildman–Crippen LogP) is 5.86. The lowest BCUT2D eigenvalue weighted by Crippen LogP contribution is -2.67. The number of ether oxygens (including phenoxy) is 1. The number of hydrogen-bond acceptors (Lipinski definition) is 5. The number of fused-ring (bicyclic) bond motifs is 1. The molecule has 5 heteroatoms. The van der Waals surface area contributed by atoms with Gasteiger partial charge in [-0.05, 0) is 81.2 Å². The van der Waals surface area contributed by atoms with Gasteiger partial charge in [0.05, 0.1) is 12.0 Å². The molecule has 8 unspecified atom stereocenters. The fourth-order valence-electron chi connectivity index (χ4n) is 10.3. The van der Waals surface area contributed by atoms with Crippen molar-refractivity contribution in [3.05, 3.63) is 11.6 Å². The molecule has 4 fully saturated rings. The van der Waals surface area contributed by atoms with E-state index in [0.717, 1.165) is 51.6 Å². The molecule has 6 aliphatic carbocycles. The quantitative estimate of drug-likeness (QED) is 0.242. The first kappa shape index (κ1) is 28.6. The second-order valence-electron chi connectivity index (χ2n) is 14.0. The van der Waals surface area contributed by atoms with Crippen LogP contribution in [0.4, 0.5) is 0 Å². The van der Waals surface area contributed by atoms with Gasteiger partial charge in [0.2, 0.25) is 0 Å². The maximum absolute atomic E-state index is 13.7. The van der Waals surface area contributed by atoms with Crippen molar-refractivity contribution in [2.24, 2.45) is 51.8 Å². The number of nitrogens with zero attached hydrogens (tertiary/aromatic N) is 1. The van der Waals surface area contributed by atoms with Crippen LogP contribution in [0.2, 0.25) is 0 Å². The van der Waals surface area contributed by atoms with E-state index >= 15 is 0 Å². The summed E-state index contributed by atoms with van der Waals surface area (Å²) in [6.07, 6.45) is 9.04. The van der Waals surface area contributed by atoms with Gasteiger partial charge in [0.25, 0.3) is 0 Å². The maximum atomic E-state index is 13.7. The molecule has 0 aromatic heterocycles. The Morgan fingerprint density at radius 3 is 2.46 bits per heavy atom. The van der Waals surface area contributed by atoms with Crippen LogP contribution in [0.5, 0.6) is 0 Å². The van der Waals surface area contributed by atoms with Crippen molar-refractivity contribution in [1.29, 1.82) is 0 Å². The van der Waals surface area contributed by atoms with Gasteiger partial charge in [-0.3, -0.25) is 19.3 Å². The molecule has 0 heterocycles. The minimum atomic E-state index is -0.539. The lowest BCUT2D eigenvalue weighted by atomic mass is 9.33. The molecular formula is C34H49NO4. The van der Waals surface area contributed by atoms with Crippen molar-refractivity contribution >= 4 is 17.5 Å². The molecule has 0 aromatic carbocycles. The van der Waals surface area contributed by atoms with E-state index in [9.17, 15) is 14.4 Å². The molecular weight excluding hydrogens is 486 g/mol. The van der Waals surface area contributed by atoms with Crippen LogP contribution >= 0.6 is 0 Å². The van der Waals surface area contributed by atoms with Crippen LogP contribution in [0, 0.1) is 63.6 Å². The predicted molar refractivity (Wildman–Crippen MR) is 152 cm³/mol. The van der Waals surface area contributed by atoms with E-state index in [2.05, 4.69) is 64.4 Å². The van der Waals surface area contributed by atoms with E-state index in [1.807, 2.05) is 0 Å². The Morgan fingerprint density at radius 2 is 1.77 bits per heavy atom. The van der Waals surface area contributed by atoms with E-state index in [1.165, 1.54) is 5.57 Å². The van der Waals surface area contributed by atoms with Crippen LogP contribution < -0.4 is 0 Å². The van der Waals surface area contributed by atoms with Gasteiger partial charge < -0.3 is 4.74 Å². The van der Waals surface area contributed by atoms with Crippen LogP contribution in [0.25, 0.3) is 0 Å². The van der Waals surface area contributed by atoms with Gasteiger partial charge in [0.1, 0.15) is 11.6 Å². The van der Waals surface area contributed by atoms with Crippen molar-refractivity contribution in [1.82, 2.24) is 4.90 Å². The molecule has 0 N–H and O–H groups in total. The Hall–Kier alpha value is -1.93. The topological polar surface area (TPSA) is 63.7 Å². The lowest BCUT2D eigenvalue weighted by molar-refractivity contribution is -0.202. The molecule has 39 heavy (non-hydrogen) atoms. The summed E-state index contributed by atoms with van der Waals surface area (Å²) in [5, 5.41) is 0. The van der Waals surface area contributed by atoms with E-state index in [-0.39, 0.29) is 47.1 Å². The lowest BCUT2D eigenvalue weighted by Gasteiger charge is -2.70. The summed E-state index contributed by atoms with van der Waals surface area (Å²) < 4.78 is 5.85. The Balaban J connectivity index is 1.42. The summed E-state index contributed by atoms with van der Waals surface area (Å²) in [5.41, 5.74) is 0.582. The first-order chi connectivity index (χ1) is 18.5. The summed E-state index contributed by atoms with van der Waals surface area (Å²) in [6.45, 7) is 16.0. The van der Waals surface area contributed by atoms with Crippen LogP contribution in [0.3, 0.4) is 0 Å². The van der Waals surface area contributed by atoms with Gasteiger partial charge in [-0.25, -0.2) is 0 Å². The van der Waals surface area contributed by atoms with Gasteiger partial charge in [-0.1, -0.05) is 64.5 Å². The molecule has 5 nitrogen and oxygen atoms in total. The van der Waals surface area contributed by atoms with E-state index in [4.69, 9.17) is 4.74 Å². The Bertz CT molecular complexity index is 1110. The molecule has 6 rings (SSSR count). The Kier molecular flexibility index (Phi) is 7.68. The molecule has 6 aliphatic rings. The number of esters is 1. The summed E-state index contributed by atoms with van der Waals surface area (Å²) in [7, 11) is 0. The highest BCUT2D eigenvalue weighted by Gasteiger charge is 2.70. The molecule has 0 radical (unpaired) electrons. The maximum Gasteiger partial charge on any atom is 0.313 e. The minimum Gasteiger partial charge on any atom is -0.452 e. The SMILES string of the molecule is CCN(CC)CC#CCOC(=O)C1(C)CCCC2(C)C1CCC13C=C(C(C)C)C(CC21)C1C(=O)CCC(=O)C13. The normalized spacial score (nSPS) is 40.8. The summed E-state index contributed by atoms with van der Waals surface area (Å²) in [4.78, 5) is 42.8. The van der Waals surface area contributed by atoms with Crippen molar-refractivity contribution in [3.63, 3.8) is 0 Å². The smallest absolute Gasteiger partial charge is 0.313 e. The van der Waals surface area contributed by atoms with Crippen LogP contribution in [0.1, 0.15) is 92.9 Å². The van der Waals surface area contributed by atoms with Crippen molar-refractivity contribution < 1.29 is 19.1 Å². The van der Waals surface area contributed by atoms with Gasteiger partial charge >= 0.3 is 5.97 Å². The Morgan fingerprint density at radius 1 is 1.05 bits per heavy atom. The zero-order chi connectivity index (χ0) is 28.2. The summed E-state index contributed by atoms with van der Waals surface area (Å²) in [6, 6.07) is 0. The number of Topliss-reactive ketones (excluding diaryl/α,β-unsaturated/α-hetero) is 2. The number of rotatable bonds is 6. The number of ketones is 2. The average molecular weight is 536 g/mol. The molecule has 8 atom stereocenters. The fraction of sp³-hybridized carbons (Fsp3) is 0.794. The second-order valence-corrected chi connectivity index (χ2v) is 14.0. The number of carbonyl (C=O) groups is 3. The zero-order valence-corrected chi connectivity index (χ0v) is 25.1. The van der Waals surface area contributed by atoms with Crippen LogP contribution in [-0.2, 0) is 19.1 Å². The number of hydrogen-bond donors (Lipinski definition) is 0. The molecule has 0 saturated heterocycles. The van der Waals surface area contributed by atoms with Crippen molar-refractivity contribution in [3.8, 4) is 11.8 Å². The van der Waals surface area contributed by atoms with Gasteiger partial charge in [0.15, 0.2) is 6.61 Å². The first-order valence-corrected chi connectivity index (χ1v) is 15.7. The third kappa shape index (κ3) is 4.35. The first-order valence-electron chi connectivity index (χ1n) is 15.7. The third-order valence-corrected chi connectivity index (χ3v) is 12.1. The zero-order valence-electron chi connectivity index (χ0n) is 25.1. The molecule has 2 bridgehead atoms. The average Bonchev–Trinajstić information content (AvgIpc) is 2.91. The fourth-order valence-corrected chi connectivity index (χ4v) is 10.3. The van der Waals surface area contributed by atoms with E-state index < -0.39 is 5.41 Å². The highest BCUT2D eigenvalue weighted by molar-refractivity contribution is 5.98. The summed E-state index contributed by atoms with van der Waals surface area (Å²) >= 11 is 0. The standard InChI is InChI=1S/C34H49NO4/c1-7-35(8-2)18-9-10-19-39-31(38)33(6)16-11-15-32(5)27(33)14-17-34-21-24(22(3)4)23(20-28(32)34)29-25(36)12-13-26(37)30(29)34/h21-23,27-30H,7-8,11-20H2,1-6H3. The number of carbonyl (C=O) groups excluding carboxylic acids is 3. The minimum absolute atomic E-state index is 0.0539. The van der Waals surface area contributed by atoms with E-state index in [1.54, 1.807) is 0 Å². The highest BCUT2D eigenvalue weighted by atomic mass is 16.5. The molecule has 0 amide bonds. The van der Waals surface area contributed by atoms with Gasteiger partial charge in [-0.15, -0.1) is 0 Å². The molecule has 4 saturated carbocycles. The van der Waals surface area contributed by atoms with Gasteiger partial charge in [-0.2, -0.15) is 0 Å². The third-order valence-electron chi connectivity index (χ3n) is 12.1. The van der Waals surface area contributed by atoms with E-state index in [0.29, 0.717) is 42.8 Å². The largest absolute Gasteiger partial charge is 0.452 e. The molecule has 0 aromatic rings. The number of allylic oxidation sites excluding steroid dienone is 2. The van der Waals surface area contributed by atoms with Crippen molar-refractivity contribution in [2.75, 3.05) is 26.2 Å². The Labute approximate surface area is 235 Å². The van der Waals surface area contributed by atoms with Crippen LogP contribution in [-0.4, -0.2) is 48.7 Å². The molecule has 1 spiro atoms. The highest BCUT2D eigenvalue weighted by Crippen LogP contribution is 2.74. The second kappa shape index (κ2) is 10.5. The van der Waals surface area contributed by atoms with Crippen molar-refractivity contribution in [2.45, 2.75) is 92.9 Å². The molecule has 214 valence electrons. The van der Waals surface area contributed by atoms with Gasteiger partial charge in [0, 0.05) is 30.1 Å². The molecule has 0 aliphatic heterocycles.